The molecule has 480 valence electrons. The lowest BCUT2D eigenvalue weighted by Gasteiger charge is -2.18. The van der Waals surface area contributed by atoms with Crippen molar-refractivity contribution in [2.24, 2.45) is 0 Å². The first-order chi connectivity index (χ1) is 41.0. The zero-order valence-electron chi connectivity index (χ0n) is 55.2. The minimum Gasteiger partial charge on any atom is -0.462 e. The molecule has 0 radical (unpaired) electrons. The molecule has 0 rings (SSSR count). The monoisotopic (exact) mass is 1160 g/mol. The Kier molecular flexibility index (Phi) is 68.2. The van der Waals surface area contributed by atoms with E-state index in [1.165, 1.54) is 231 Å². The summed E-state index contributed by atoms with van der Waals surface area (Å²) >= 11 is 0. The number of carbonyl (C=O) groups is 3. The molecule has 83 heavy (non-hydrogen) atoms. The highest BCUT2D eigenvalue weighted by molar-refractivity contribution is 5.71. The molecular weight excluding hydrogens is 1020 g/mol. The van der Waals surface area contributed by atoms with E-state index in [4.69, 9.17) is 14.2 Å². The van der Waals surface area contributed by atoms with Gasteiger partial charge in [-0.3, -0.25) is 14.4 Å². The molecule has 0 saturated heterocycles. The Balaban J connectivity index is 4.13. The number of hydrogen-bond donors (Lipinski definition) is 0. The van der Waals surface area contributed by atoms with Gasteiger partial charge >= 0.3 is 17.9 Å². The van der Waals surface area contributed by atoms with Crippen LogP contribution in [0.25, 0.3) is 0 Å². The molecule has 0 saturated carbocycles. The Hall–Kier alpha value is -3.41. The highest BCUT2D eigenvalue weighted by Crippen LogP contribution is 2.18. The van der Waals surface area contributed by atoms with Gasteiger partial charge in [0.25, 0.3) is 0 Å². The highest BCUT2D eigenvalue weighted by Gasteiger charge is 2.19. The largest absolute Gasteiger partial charge is 0.462 e. The third-order valence-electron chi connectivity index (χ3n) is 15.9. The number of esters is 3. The van der Waals surface area contributed by atoms with Crippen molar-refractivity contribution in [1.82, 2.24) is 0 Å². The highest BCUT2D eigenvalue weighted by atomic mass is 16.6. The van der Waals surface area contributed by atoms with E-state index in [-0.39, 0.29) is 31.1 Å². The maximum Gasteiger partial charge on any atom is 0.306 e. The van der Waals surface area contributed by atoms with Crippen LogP contribution in [0.4, 0.5) is 0 Å². The minimum absolute atomic E-state index is 0.0729. The smallest absolute Gasteiger partial charge is 0.306 e. The van der Waals surface area contributed by atoms with E-state index in [0.29, 0.717) is 19.3 Å². The lowest BCUT2D eigenvalue weighted by molar-refractivity contribution is -0.167. The molecule has 1 atom stereocenters. The summed E-state index contributed by atoms with van der Waals surface area (Å²) in [5, 5.41) is 0. The van der Waals surface area contributed by atoms with Gasteiger partial charge in [-0.1, -0.05) is 337 Å². The van der Waals surface area contributed by atoms with Gasteiger partial charge in [0, 0.05) is 19.3 Å². The van der Waals surface area contributed by atoms with Crippen LogP contribution in [-0.2, 0) is 28.6 Å². The maximum absolute atomic E-state index is 12.9. The molecule has 0 bridgehead atoms. The first-order valence-corrected chi connectivity index (χ1v) is 36.1. The Morgan fingerprint density at radius 3 is 0.735 bits per heavy atom. The zero-order valence-corrected chi connectivity index (χ0v) is 55.2. The number of ether oxygens (including phenoxy) is 3. The number of carbonyl (C=O) groups excluding carboxylic acids is 3. The number of hydrogen-bond acceptors (Lipinski definition) is 6. The quantitative estimate of drug-likeness (QED) is 0.0261. The van der Waals surface area contributed by atoms with Crippen molar-refractivity contribution >= 4 is 17.9 Å². The van der Waals surface area contributed by atoms with Crippen LogP contribution in [0, 0.1) is 0 Å². The summed E-state index contributed by atoms with van der Waals surface area (Å²) in [5.74, 6) is -0.860. The molecule has 0 aromatic rings. The Morgan fingerprint density at radius 2 is 0.470 bits per heavy atom. The van der Waals surface area contributed by atoms with Gasteiger partial charge in [-0.05, 0) is 96.3 Å². The molecule has 0 heterocycles. The molecule has 0 spiro atoms. The van der Waals surface area contributed by atoms with Crippen LogP contribution in [0.3, 0.4) is 0 Å². The first kappa shape index (κ1) is 79.6. The van der Waals surface area contributed by atoms with Crippen molar-refractivity contribution in [1.29, 1.82) is 0 Å². The second-order valence-electron chi connectivity index (χ2n) is 24.1. The zero-order chi connectivity index (χ0) is 59.9. The fourth-order valence-corrected chi connectivity index (χ4v) is 10.5. The Morgan fingerprint density at radius 1 is 0.253 bits per heavy atom. The molecule has 0 aromatic heterocycles. The summed E-state index contributed by atoms with van der Waals surface area (Å²) in [6.45, 7) is 6.54. The average molecular weight is 1160 g/mol. The van der Waals surface area contributed by atoms with E-state index in [2.05, 4.69) is 106 Å². The van der Waals surface area contributed by atoms with Gasteiger partial charge in [0.05, 0.1) is 0 Å². The molecule has 0 aliphatic heterocycles. The van der Waals surface area contributed by atoms with Crippen molar-refractivity contribution in [2.75, 3.05) is 13.2 Å². The predicted molar refractivity (Wildman–Crippen MR) is 362 cm³/mol. The standard InChI is InChI=1S/C77H136O6/c1-4-7-10-13-16-19-21-23-25-27-29-31-33-35-37-38-40-41-43-45-47-49-51-53-55-58-61-64-67-70-76(79)82-73-74(72-81-75(78)69-66-63-60-57-18-15-12-9-6-3)83-77(80)71-68-65-62-59-56-54-52-50-48-46-44-42-39-36-34-32-30-28-26-24-22-20-17-14-11-8-5-2/h8,11,17,20-21,23-24,26-27,29-30,32,36,39,74H,4-7,9-10,12-16,18-19,22,25,28,31,33-35,37-38,40-73H2,1-3H3/b11-8-,20-17-,23-21-,26-24-,29-27-,32-30-,39-36-. The van der Waals surface area contributed by atoms with E-state index < -0.39 is 6.10 Å². The van der Waals surface area contributed by atoms with Crippen molar-refractivity contribution in [3.05, 3.63) is 85.1 Å². The molecular formula is C77H136O6. The van der Waals surface area contributed by atoms with Crippen LogP contribution in [0.1, 0.15) is 367 Å². The summed E-state index contributed by atoms with van der Waals surface area (Å²) < 4.78 is 16.9. The Labute approximate surface area is 515 Å². The van der Waals surface area contributed by atoms with Gasteiger partial charge < -0.3 is 14.2 Å². The molecule has 0 aliphatic carbocycles. The topological polar surface area (TPSA) is 78.9 Å². The summed E-state index contributed by atoms with van der Waals surface area (Å²) in [4.78, 5) is 38.3. The maximum atomic E-state index is 12.9. The fraction of sp³-hybridized carbons (Fsp3) is 0.779. The summed E-state index contributed by atoms with van der Waals surface area (Å²) in [5.41, 5.74) is 0. The number of unbranched alkanes of at least 4 members (excludes halogenated alkanes) is 41. The van der Waals surface area contributed by atoms with Crippen molar-refractivity contribution < 1.29 is 28.6 Å². The third kappa shape index (κ3) is 69.3. The molecule has 0 amide bonds. The molecule has 6 nitrogen and oxygen atoms in total. The average Bonchev–Trinajstić information content (AvgIpc) is 3.49. The van der Waals surface area contributed by atoms with Gasteiger partial charge in [-0.15, -0.1) is 0 Å². The van der Waals surface area contributed by atoms with E-state index in [0.717, 1.165) is 96.3 Å². The molecule has 6 heteroatoms. The van der Waals surface area contributed by atoms with Gasteiger partial charge in [-0.2, -0.15) is 0 Å². The van der Waals surface area contributed by atoms with Crippen LogP contribution in [0.2, 0.25) is 0 Å². The molecule has 0 N–H and O–H groups in total. The SMILES string of the molecule is CC/C=C\C/C=C\C/C=C\C/C=C\C/C=C\CCCCCCCCCCCCCC(=O)OC(COC(=O)CCCCCCCCCCC)COC(=O)CCCCCCCCCCCCCCCCCCC/C=C\C/C=C\CCCCCCC. The summed E-state index contributed by atoms with van der Waals surface area (Å²) in [6.07, 6.45) is 94.9. The first-order valence-electron chi connectivity index (χ1n) is 36.1. The molecule has 0 aromatic carbocycles. The van der Waals surface area contributed by atoms with Crippen LogP contribution in [0.5, 0.6) is 0 Å². The van der Waals surface area contributed by atoms with E-state index in [1.54, 1.807) is 0 Å². The second kappa shape index (κ2) is 71.1. The summed E-state index contributed by atoms with van der Waals surface area (Å²) in [6, 6.07) is 0. The molecule has 1 unspecified atom stereocenters. The summed E-state index contributed by atoms with van der Waals surface area (Å²) in [7, 11) is 0. The second-order valence-corrected chi connectivity index (χ2v) is 24.1. The van der Waals surface area contributed by atoms with Crippen LogP contribution < -0.4 is 0 Å². The lowest BCUT2D eigenvalue weighted by Crippen LogP contribution is -2.30. The van der Waals surface area contributed by atoms with Gasteiger partial charge in [-0.25, -0.2) is 0 Å². The normalized spacial score (nSPS) is 12.6. The number of allylic oxidation sites excluding steroid dienone is 14. The van der Waals surface area contributed by atoms with Crippen LogP contribution in [0.15, 0.2) is 85.1 Å². The predicted octanol–water partition coefficient (Wildman–Crippen LogP) is 25.0. The molecule has 0 fully saturated rings. The Bertz CT molecular complexity index is 1570. The fourth-order valence-electron chi connectivity index (χ4n) is 10.5. The van der Waals surface area contributed by atoms with Gasteiger partial charge in [0.15, 0.2) is 6.10 Å². The van der Waals surface area contributed by atoms with E-state index in [1.807, 2.05) is 0 Å². The third-order valence-corrected chi connectivity index (χ3v) is 15.9. The van der Waals surface area contributed by atoms with Gasteiger partial charge in [0.2, 0.25) is 0 Å². The van der Waals surface area contributed by atoms with Gasteiger partial charge in [0.1, 0.15) is 13.2 Å². The van der Waals surface area contributed by atoms with E-state index >= 15 is 0 Å². The van der Waals surface area contributed by atoms with Crippen LogP contribution in [-0.4, -0.2) is 37.2 Å². The van der Waals surface area contributed by atoms with Crippen molar-refractivity contribution in [2.45, 2.75) is 374 Å². The minimum atomic E-state index is -0.776. The van der Waals surface area contributed by atoms with Crippen LogP contribution >= 0.6 is 0 Å². The number of rotatable bonds is 66. The van der Waals surface area contributed by atoms with E-state index in [9.17, 15) is 14.4 Å². The van der Waals surface area contributed by atoms with Crippen molar-refractivity contribution in [3.63, 3.8) is 0 Å². The molecule has 0 aliphatic rings. The lowest BCUT2D eigenvalue weighted by atomic mass is 10.0. The van der Waals surface area contributed by atoms with Crippen molar-refractivity contribution in [3.8, 4) is 0 Å².